The van der Waals surface area contributed by atoms with E-state index in [1.807, 2.05) is 18.3 Å². The van der Waals surface area contributed by atoms with Gasteiger partial charge in [0.1, 0.15) is 5.82 Å². The van der Waals surface area contributed by atoms with Crippen molar-refractivity contribution in [3.63, 3.8) is 0 Å². The average Bonchev–Trinajstić information content (AvgIpc) is 3.83. The second kappa shape index (κ2) is 13.7. The predicted molar refractivity (Wildman–Crippen MR) is 261 cm³/mol. The van der Waals surface area contributed by atoms with Crippen LogP contribution in [0.15, 0.2) is 158 Å². The number of nitrogens with zero attached hydrogens (tertiary/aromatic N) is 3. The van der Waals surface area contributed by atoms with Crippen LogP contribution in [0.5, 0.6) is 0 Å². The fourth-order valence-electron chi connectivity index (χ4n) is 11.3. The van der Waals surface area contributed by atoms with Gasteiger partial charge in [-0.2, -0.15) is 0 Å². The van der Waals surface area contributed by atoms with Gasteiger partial charge in [-0.3, -0.25) is 4.57 Å². The highest BCUT2D eigenvalue weighted by atomic mass is 15.1. The zero-order valence-electron chi connectivity index (χ0n) is 34.3. The van der Waals surface area contributed by atoms with Gasteiger partial charge in [0.05, 0.1) is 16.6 Å². The third-order valence-corrected chi connectivity index (χ3v) is 14.0. The van der Waals surface area contributed by atoms with Crippen molar-refractivity contribution in [1.82, 2.24) is 14.1 Å². The minimum atomic E-state index is 0.956. The first kappa shape index (κ1) is 35.2. The van der Waals surface area contributed by atoms with Crippen LogP contribution in [0.25, 0.3) is 100 Å². The van der Waals surface area contributed by atoms with Crippen molar-refractivity contribution in [2.75, 3.05) is 0 Å². The lowest BCUT2D eigenvalue weighted by molar-refractivity contribution is 0.877. The molecule has 3 aromatic heterocycles. The SMILES string of the molecule is N=C/C=C\C=C\n1c2c(c3cc4c5c(c31)CCc1c-5c(cc3c5cc(-c6ccc7ccccc7c6)ccc5n(-c5ccccn5)c13)CC4)C=C(c1ccc3ccccc3c1)CC2. The quantitative estimate of drug-likeness (QED) is 0.132. The van der Waals surface area contributed by atoms with E-state index in [-0.39, 0.29) is 0 Å². The maximum atomic E-state index is 7.61. The molecule has 7 aromatic carbocycles. The molecule has 3 aliphatic rings. The summed E-state index contributed by atoms with van der Waals surface area (Å²) in [6, 6.07) is 49.5. The number of fused-ring (bicyclic) bond motifs is 10. The molecule has 13 rings (SSSR count). The zero-order valence-corrected chi connectivity index (χ0v) is 34.3. The highest BCUT2D eigenvalue weighted by molar-refractivity contribution is 6.15. The number of hydrogen-bond acceptors (Lipinski definition) is 2. The van der Waals surface area contributed by atoms with Crippen LogP contribution in [0.3, 0.4) is 0 Å². The van der Waals surface area contributed by atoms with Crippen LogP contribution in [0.4, 0.5) is 0 Å². The average molecular weight is 795 g/mol. The number of allylic oxidation sites excluding steroid dienone is 4. The summed E-state index contributed by atoms with van der Waals surface area (Å²) in [4.78, 5) is 4.98. The maximum absolute atomic E-state index is 7.61. The Morgan fingerprint density at radius 3 is 1.92 bits per heavy atom. The molecule has 4 nitrogen and oxygen atoms in total. The molecular formula is C58H42N4. The van der Waals surface area contributed by atoms with Gasteiger partial charge in [0.15, 0.2) is 0 Å². The minimum Gasteiger partial charge on any atom is -0.319 e. The van der Waals surface area contributed by atoms with Crippen LogP contribution in [-0.2, 0) is 32.1 Å². The van der Waals surface area contributed by atoms with Crippen molar-refractivity contribution >= 4 is 78.3 Å². The number of nitrogens with one attached hydrogen (secondary N) is 1. The fraction of sp³-hybridized carbons (Fsp3) is 0.103. The largest absolute Gasteiger partial charge is 0.319 e. The summed E-state index contributed by atoms with van der Waals surface area (Å²) in [6.45, 7) is 0. The van der Waals surface area contributed by atoms with Crippen LogP contribution in [0.2, 0.25) is 0 Å². The monoisotopic (exact) mass is 794 g/mol. The predicted octanol–water partition coefficient (Wildman–Crippen LogP) is 14.1. The number of aromatic nitrogens is 3. The first-order valence-corrected chi connectivity index (χ1v) is 22.0. The van der Waals surface area contributed by atoms with Gasteiger partial charge in [-0.15, -0.1) is 0 Å². The van der Waals surface area contributed by atoms with Crippen molar-refractivity contribution in [3.8, 4) is 28.1 Å². The van der Waals surface area contributed by atoms with Crippen LogP contribution >= 0.6 is 0 Å². The smallest absolute Gasteiger partial charge is 0.137 e. The van der Waals surface area contributed by atoms with Crippen LogP contribution in [0.1, 0.15) is 45.5 Å². The van der Waals surface area contributed by atoms with Crippen molar-refractivity contribution < 1.29 is 0 Å². The molecule has 0 amide bonds. The number of aryl methyl sites for hydroxylation is 4. The number of benzene rings is 7. The molecule has 0 spiro atoms. The Morgan fingerprint density at radius 1 is 0.516 bits per heavy atom. The molecule has 4 heteroatoms. The Kier molecular flexibility index (Phi) is 7.80. The highest BCUT2D eigenvalue weighted by Crippen LogP contribution is 2.51. The van der Waals surface area contributed by atoms with Crippen molar-refractivity contribution in [2.24, 2.45) is 0 Å². The summed E-state index contributed by atoms with van der Waals surface area (Å²) in [5.41, 5.74) is 20.5. The lowest BCUT2D eigenvalue weighted by atomic mass is 9.73. The molecule has 1 N–H and O–H groups in total. The van der Waals surface area contributed by atoms with Crippen molar-refractivity contribution in [1.29, 1.82) is 5.41 Å². The lowest BCUT2D eigenvalue weighted by Crippen LogP contribution is -2.16. The van der Waals surface area contributed by atoms with E-state index in [2.05, 4.69) is 155 Å². The Bertz CT molecular complexity index is 3650. The van der Waals surface area contributed by atoms with E-state index >= 15 is 0 Å². The fourth-order valence-corrected chi connectivity index (χ4v) is 11.3. The molecular weight excluding hydrogens is 753 g/mol. The van der Waals surface area contributed by atoms with Crippen LogP contribution in [-0.4, -0.2) is 20.3 Å². The summed E-state index contributed by atoms with van der Waals surface area (Å²) in [5, 5.41) is 16.7. The third-order valence-electron chi connectivity index (χ3n) is 14.0. The summed E-state index contributed by atoms with van der Waals surface area (Å²) >= 11 is 0. The Labute approximate surface area is 359 Å². The Hall–Kier alpha value is -7.56. The number of rotatable bonds is 6. The normalized spacial score (nSPS) is 14.4. The molecule has 0 fully saturated rings. The molecule has 0 bridgehead atoms. The van der Waals surface area contributed by atoms with Crippen molar-refractivity contribution in [2.45, 2.75) is 38.5 Å². The first-order chi connectivity index (χ1) is 30.7. The van der Waals surface area contributed by atoms with E-state index in [0.717, 1.165) is 44.3 Å². The van der Waals surface area contributed by atoms with Gasteiger partial charge in [0, 0.05) is 46.0 Å². The van der Waals surface area contributed by atoms with Gasteiger partial charge in [-0.1, -0.05) is 91.0 Å². The van der Waals surface area contributed by atoms with E-state index in [9.17, 15) is 0 Å². The van der Waals surface area contributed by atoms with E-state index in [4.69, 9.17) is 10.4 Å². The minimum absolute atomic E-state index is 0.956. The topological polar surface area (TPSA) is 46.6 Å². The lowest BCUT2D eigenvalue weighted by Gasteiger charge is -2.31. The number of pyridine rings is 1. The number of hydrogen-bond donors (Lipinski definition) is 1. The molecule has 0 radical (unpaired) electrons. The van der Waals surface area contributed by atoms with Gasteiger partial charge in [0.2, 0.25) is 0 Å². The second-order valence-corrected chi connectivity index (χ2v) is 17.2. The molecule has 3 heterocycles. The third kappa shape index (κ3) is 5.26. The molecule has 10 aromatic rings. The van der Waals surface area contributed by atoms with Gasteiger partial charge < -0.3 is 9.98 Å². The van der Waals surface area contributed by atoms with Gasteiger partial charge in [-0.05, 0) is 182 Å². The Balaban J connectivity index is 1.04. The van der Waals surface area contributed by atoms with E-state index in [1.165, 1.54) is 127 Å². The second-order valence-electron chi connectivity index (χ2n) is 17.2. The van der Waals surface area contributed by atoms with Gasteiger partial charge in [0.25, 0.3) is 0 Å². The summed E-state index contributed by atoms with van der Waals surface area (Å²) in [6.07, 6.45) is 19.8. The van der Waals surface area contributed by atoms with Crippen LogP contribution in [0, 0.1) is 5.41 Å². The maximum Gasteiger partial charge on any atom is 0.137 e. The summed E-state index contributed by atoms with van der Waals surface area (Å²) < 4.78 is 4.94. The summed E-state index contributed by atoms with van der Waals surface area (Å²) in [5.74, 6) is 0.957. The zero-order chi connectivity index (χ0) is 40.9. The standard InChI is InChI=1S/C58H42N4/c59-27-7-1-9-29-61-52-25-21-42(40-17-15-36-10-2-4-12-38(36)30-40)32-48(52)50-34-44-19-20-45-35-51-49-33-43(41-18-16-37-11-3-5-13-39(37)31-41)22-26-53(49)62(54-14-6-8-28-60-54)58(51)47-24-23-46(57(50)61)55(44)56(45)47/h1-18,22,26-35,59H,19-21,23-25H2/b7-1-,29-9+,59-27?. The molecule has 62 heavy (non-hydrogen) atoms. The molecule has 0 saturated heterocycles. The van der Waals surface area contributed by atoms with E-state index in [1.54, 1.807) is 6.08 Å². The molecule has 0 aliphatic heterocycles. The van der Waals surface area contributed by atoms with E-state index in [0.29, 0.717) is 0 Å². The molecule has 0 atom stereocenters. The van der Waals surface area contributed by atoms with Crippen molar-refractivity contribution in [3.05, 3.63) is 197 Å². The first-order valence-electron chi connectivity index (χ1n) is 22.0. The molecule has 3 aliphatic carbocycles. The van der Waals surface area contributed by atoms with Gasteiger partial charge >= 0.3 is 0 Å². The molecule has 0 saturated carbocycles. The van der Waals surface area contributed by atoms with Gasteiger partial charge in [-0.25, -0.2) is 4.98 Å². The summed E-state index contributed by atoms with van der Waals surface area (Å²) in [7, 11) is 0. The Morgan fingerprint density at radius 2 is 1.18 bits per heavy atom. The molecule has 0 unspecified atom stereocenters. The highest BCUT2D eigenvalue weighted by Gasteiger charge is 2.34. The van der Waals surface area contributed by atoms with Crippen LogP contribution < -0.4 is 0 Å². The molecule has 294 valence electrons. The van der Waals surface area contributed by atoms with E-state index < -0.39 is 0 Å².